The van der Waals surface area contributed by atoms with Gasteiger partial charge in [-0.3, -0.25) is 9.59 Å². The predicted octanol–water partition coefficient (Wildman–Crippen LogP) is 1.98. The number of ether oxygens (including phenoxy) is 1. The van der Waals surface area contributed by atoms with Crippen molar-refractivity contribution >= 4 is 17.6 Å². The third kappa shape index (κ3) is 5.67. The average Bonchev–Trinajstić information content (AvgIpc) is 3.09. The Morgan fingerprint density at radius 1 is 1.48 bits per heavy atom. The summed E-state index contributed by atoms with van der Waals surface area (Å²) in [6.07, 6.45) is 2.37. The number of rotatable bonds is 7. The smallest absolute Gasteiger partial charge is 0.245 e. The number of carbonyl (C=O) groups excluding carboxylic acids is 2. The van der Waals surface area contributed by atoms with Crippen LogP contribution in [0.4, 0.5) is 5.82 Å². The lowest BCUT2D eigenvalue weighted by Gasteiger charge is -2.25. The Kier molecular flexibility index (Phi) is 6.15. The summed E-state index contributed by atoms with van der Waals surface area (Å²) in [5.41, 5.74) is 0. The number of amides is 2. The molecule has 2 rings (SSSR count). The van der Waals surface area contributed by atoms with Gasteiger partial charge in [0.1, 0.15) is 5.76 Å². The Morgan fingerprint density at radius 2 is 2.26 bits per heavy atom. The highest BCUT2D eigenvalue weighted by atomic mass is 16.5. The van der Waals surface area contributed by atoms with Gasteiger partial charge in [-0.05, 0) is 25.7 Å². The number of hydrogen-bond donors (Lipinski definition) is 1. The number of hydrogen-bond acceptors (Lipinski definition) is 5. The molecule has 7 heteroatoms. The summed E-state index contributed by atoms with van der Waals surface area (Å²) in [6, 6.07) is 1.64. The molecule has 2 heterocycles. The van der Waals surface area contributed by atoms with Crippen molar-refractivity contribution in [2.24, 2.45) is 5.92 Å². The molecule has 0 bridgehead atoms. The van der Waals surface area contributed by atoms with Crippen molar-refractivity contribution in [1.29, 1.82) is 0 Å². The quantitative estimate of drug-likeness (QED) is 0.829. The van der Waals surface area contributed by atoms with Crippen LogP contribution in [0.3, 0.4) is 0 Å². The van der Waals surface area contributed by atoms with Crippen LogP contribution in [0.15, 0.2) is 10.6 Å². The average molecular weight is 323 g/mol. The molecule has 1 saturated heterocycles. The van der Waals surface area contributed by atoms with Crippen LogP contribution in [0, 0.1) is 12.8 Å². The molecular weight excluding hydrogens is 298 g/mol. The van der Waals surface area contributed by atoms with Gasteiger partial charge in [0, 0.05) is 25.6 Å². The zero-order valence-corrected chi connectivity index (χ0v) is 14.0. The second kappa shape index (κ2) is 8.10. The summed E-state index contributed by atoms with van der Waals surface area (Å²) in [5.74, 6) is 0.916. The Bertz CT molecular complexity index is 535. The van der Waals surface area contributed by atoms with Crippen LogP contribution in [0.5, 0.6) is 0 Å². The highest BCUT2D eigenvalue weighted by molar-refractivity contribution is 5.93. The molecule has 23 heavy (non-hydrogen) atoms. The third-order valence-electron chi connectivity index (χ3n) is 3.61. The standard InChI is InChI=1S/C16H25N3O4/c1-11(2)7-16(21)19(9-13-5-4-6-22-13)10-15(20)17-14-8-12(3)23-18-14/h8,11,13H,4-7,9-10H2,1-3H3,(H,17,18,20). The first-order chi connectivity index (χ1) is 10.9. The normalized spacial score (nSPS) is 17.5. The van der Waals surface area contributed by atoms with Crippen molar-refractivity contribution in [3.8, 4) is 0 Å². The van der Waals surface area contributed by atoms with Gasteiger partial charge >= 0.3 is 0 Å². The largest absolute Gasteiger partial charge is 0.376 e. The SMILES string of the molecule is Cc1cc(NC(=O)CN(CC2CCCO2)C(=O)CC(C)C)no1. The van der Waals surface area contributed by atoms with Gasteiger partial charge in [-0.2, -0.15) is 0 Å². The molecule has 1 atom stereocenters. The summed E-state index contributed by atoms with van der Waals surface area (Å²) in [6.45, 7) is 6.90. The molecule has 0 saturated carbocycles. The molecular formula is C16H25N3O4. The molecule has 1 aliphatic rings. The summed E-state index contributed by atoms with van der Waals surface area (Å²) in [5, 5.41) is 6.37. The minimum absolute atomic E-state index is 0.00266. The fraction of sp³-hybridized carbons (Fsp3) is 0.688. The number of nitrogens with one attached hydrogen (secondary N) is 1. The molecule has 1 unspecified atom stereocenters. The summed E-state index contributed by atoms with van der Waals surface area (Å²) >= 11 is 0. The summed E-state index contributed by atoms with van der Waals surface area (Å²) < 4.78 is 10.5. The molecule has 7 nitrogen and oxygen atoms in total. The van der Waals surface area contributed by atoms with E-state index in [1.807, 2.05) is 13.8 Å². The van der Waals surface area contributed by atoms with Crippen molar-refractivity contribution < 1.29 is 18.8 Å². The minimum atomic E-state index is -0.284. The van der Waals surface area contributed by atoms with E-state index in [0.717, 1.165) is 19.4 Å². The minimum Gasteiger partial charge on any atom is -0.376 e. The second-order valence-corrected chi connectivity index (χ2v) is 6.38. The van der Waals surface area contributed by atoms with Gasteiger partial charge < -0.3 is 19.5 Å². The van der Waals surface area contributed by atoms with Gasteiger partial charge in [0.25, 0.3) is 0 Å². The molecule has 128 valence electrons. The fourth-order valence-electron chi connectivity index (χ4n) is 2.55. The van der Waals surface area contributed by atoms with Crippen molar-refractivity contribution in [2.45, 2.75) is 46.1 Å². The van der Waals surface area contributed by atoms with Gasteiger partial charge in [0.15, 0.2) is 5.82 Å². The number of aryl methyl sites for hydroxylation is 1. The highest BCUT2D eigenvalue weighted by Gasteiger charge is 2.25. The number of anilines is 1. The first-order valence-corrected chi connectivity index (χ1v) is 8.06. The van der Waals surface area contributed by atoms with Gasteiger partial charge in [-0.1, -0.05) is 19.0 Å². The molecule has 0 radical (unpaired) electrons. The predicted molar refractivity (Wildman–Crippen MR) is 84.9 cm³/mol. The Balaban J connectivity index is 1.94. The lowest BCUT2D eigenvalue weighted by atomic mass is 10.1. The number of aromatic nitrogens is 1. The van der Waals surface area contributed by atoms with Crippen LogP contribution in [0.25, 0.3) is 0 Å². The maximum absolute atomic E-state index is 12.4. The summed E-state index contributed by atoms with van der Waals surface area (Å²) in [4.78, 5) is 26.1. The Morgan fingerprint density at radius 3 is 2.83 bits per heavy atom. The van der Waals surface area contributed by atoms with E-state index < -0.39 is 0 Å². The molecule has 1 fully saturated rings. The zero-order valence-electron chi connectivity index (χ0n) is 14.0. The molecule has 2 amide bonds. The maximum Gasteiger partial charge on any atom is 0.245 e. The van der Waals surface area contributed by atoms with E-state index in [-0.39, 0.29) is 30.4 Å². The van der Waals surface area contributed by atoms with E-state index in [0.29, 0.717) is 24.5 Å². The Hall–Kier alpha value is -1.89. The van der Waals surface area contributed by atoms with Crippen LogP contribution in [-0.4, -0.2) is 47.7 Å². The van der Waals surface area contributed by atoms with E-state index >= 15 is 0 Å². The first-order valence-electron chi connectivity index (χ1n) is 8.06. The van der Waals surface area contributed by atoms with Gasteiger partial charge in [-0.25, -0.2) is 0 Å². The van der Waals surface area contributed by atoms with Crippen molar-refractivity contribution in [3.05, 3.63) is 11.8 Å². The van der Waals surface area contributed by atoms with E-state index in [1.54, 1.807) is 17.9 Å². The molecule has 1 N–H and O–H groups in total. The van der Waals surface area contributed by atoms with Crippen LogP contribution in [0.2, 0.25) is 0 Å². The van der Waals surface area contributed by atoms with Crippen LogP contribution < -0.4 is 5.32 Å². The molecule has 0 aromatic carbocycles. The molecule has 1 aromatic heterocycles. The maximum atomic E-state index is 12.4. The van der Waals surface area contributed by atoms with Crippen LogP contribution in [0.1, 0.15) is 38.9 Å². The van der Waals surface area contributed by atoms with Crippen molar-refractivity contribution in [1.82, 2.24) is 10.1 Å². The highest BCUT2D eigenvalue weighted by Crippen LogP contribution is 2.15. The van der Waals surface area contributed by atoms with E-state index in [2.05, 4.69) is 10.5 Å². The van der Waals surface area contributed by atoms with Crippen LogP contribution in [-0.2, 0) is 14.3 Å². The molecule has 1 aromatic rings. The lowest BCUT2D eigenvalue weighted by molar-refractivity contribution is -0.136. The fourth-order valence-corrected chi connectivity index (χ4v) is 2.55. The second-order valence-electron chi connectivity index (χ2n) is 6.38. The lowest BCUT2D eigenvalue weighted by Crippen LogP contribution is -2.42. The van der Waals surface area contributed by atoms with E-state index in [4.69, 9.17) is 9.26 Å². The number of nitrogens with zero attached hydrogens (tertiary/aromatic N) is 2. The molecule has 0 aliphatic carbocycles. The van der Waals surface area contributed by atoms with Crippen LogP contribution >= 0.6 is 0 Å². The van der Waals surface area contributed by atoms with Gasteiger partial charge in [0.2, 0.25) is 11.8 Å². The zero-order chi connectivity index (χ0) is 16.8. The van der Waals surface area contributed by atoms with Gasteiger partial charge in [-0.15, -0.1) is 0 Å². The first kappa shape index (κ1) is 17.5. The monoisotopic (exact) mass is 323 g/mol. The van der Waals surface area contributed by atoms with Gasteiger partial charge in [0.05, 0.1) is 12.6 Å². The van der Waals surface area contributed by atoms with Crippen molar-refractivity contribution in [3.63, 3.8) is 0 Å². The third-order valence-corrected chi connectivity index (χ3v) is 3.61. The van der Waals surface area contributed by atoms with Crippen molar-refractivity contribution in [2.75, 3.05) is 25.0 Å². The molecule has 1 aliphatic heterocycles. The van der Waals surface area contributed by atoms with E-state index in [1.165, 1.54) is 0 Å². The van der Waals surface area contributed by atoms with E-state index in [9.17, 15) is 9.59 Å². The Labute approximate surface area is 136 Å². The molecule has 0 spiro atoms. The number of carbonyl (C=O) groups is 2. The topological polar surface area (TPSA) is 84.7 Å². The summed E-state index contributed by atoms with van der Waals surface area (Å²) in [7, 11) is 0.